The maximum atomic E-state index is 12.8. The van der Waals surface area contributed by atoms with Crippen LogP contribution in [0.5, 0.6) is 0 Å². The van der Waals surface area contributed by atoms with Crippen molar-refractivity contribution < 1.29 is 21.6 Å². The summed E-state index contributed by atoms with van der Waals surface area (Å²) in [6.45, 7) is 3.04. The summed E-state index contributed by atoms with van der Waals surface area (Å²) in [7, 11) is -3.59. The van der Waals surface area contributed by atoms with E-state index in [0.717, 1.165) is 17.7 Å². The smallest absolute Gasteiger partial charge is 0.346 e. The summed E-state index contributed by atoms with van der Waals surface area (Å²) in [4.78, 5) is 1.98. The van der Waals surface area contributed by atoms with Gasteiger partial charge < -0.3 is 10.2 Å². The first-order valence-electron chi connectivity index (χ1n) is 8.87. The van der Waals surface area contributed by atoms with Crippen molar-refractivity contribution in [3.8, 4) is 0 Å². The van der Waals surface area contributed by atoms with E-state index in [1.807, 2.05) is 6.92 Å². The average Bonchev–Trinajstić information content (AvgIpc) is 2.68. The van der Waals surface area contributed by atoms with Crippen molar-refractivity contribution in [3.05, 3.63) is 59.7 Å². The Morgan fingerprint density at radius 1 is 1.03 bits per heavy atom. The van der Waals surface area contributed by atoms with Crippen LogP contribution in [0.25, 0.3) is 0 Å². The molecule has 1 fully saturated rings. The Balaban J connectivity index is 1.62. The van der Waals surface area contributed by atoms with Crippen molar-refractivity contribution in [1.29, 1.82) is 0 Å². The van der Waals surface area contributed by atoms with Gasteiger partial charge in [0.05, 0.1) is 10.5 Å². The fraction of sp³-hybridized carbons (Fsp3) is 0.316. The summed E-state index contributed by atoms with van der Waals surface area (Å²) in [5, 5.41) is 3.07. The van der Waals surface area contributed by atoms with E-state index in [-0.39, 0.29) is 28.8 Å². The van der Waals surface area contributed by atoms with Gasteiger partial charge >= 0.3 is 6.18 Å². The Hall–Kier alpha value is -2.17. The van der Waals surface area contributed by atoms with Gasteiger partial charge in [-0.3, -0.25) is 0 Å². The lowest BCUT2D eigenvalue weighted by atomic mass is 10.2. The van der Waals surface area contributed by atoms with E-state index < -0.39 is 21.8 Å². The molecule has 2 aromatic rings. The SMILES string of the molecule is Cc1ccc(S(=O)(=O)N2CCN(C(=S)Nc3cccc(C(F)(F)F)c3)CC2)cc1. The molecule has 1 aliphatic heterocycles. The van der Waals surface area contributed by atoms with E-state index in [4.69, 9.17) is 12.2 Å². The predicted molar refractivity (Wildman–Crippen MR) is 109 cm³/mol. The number of nitrogens with one attached hydrogen (secondary N) is 1. The fourth-order valence-corrected chi connectivity index (χ4v) is 4.69. The Bertz CT molecular complexity index is 985. The van der Waals surface area contributed by atoms with E-state index >= 15 is 0 Å². The van der Waals surface area contributed by atoms with E-state index in [0.29, 0.717) is 13.1 Å². The lowest BCUT2D eigenvalue weighted by Gasteiger charge is -2.35. The van der Waals surface area contributed by atoms with Crippen molar-refractivity contribution in [3.63, 3.8) is 0 Å². The summed E-state index contributed by atoms with van der Waals surface area (Å²) in [6.07, 6.45) is -4.44. The zero-order chi connectivity index (χ0) is 21.2. The minimum absolute atomic E-state index is 0.236. The fourth-order valence-electron chi connectivity index (χ4n) is 2.97. The van der Waals surface area contributed by atoms with E-state index in [1.165, 1.54) is 16.4 Å². The molecule has 0 amide bonds. The number of benzene rings is 2. The molecule has 0 atom stereocenters. The number of piperazine rings is 1. The van der Waals surface area contributed by atoms with Crippen LogP contribution in [-0.4, -0.2) is 48.9 Å². The van der Waals surface area contributed by atoms with Gasteiger partial charge in [-0.1, -0.05) is 23.8 Å². The normalized spacial score (nSPS) is 15.9. The molecular weight excluding hydrogens is 423 g/mol. The van der Waals surface area contributed by atoms with Crippen LogP contribution in [0, 0.1) is 6.92 Å². The number of nitrogens with zero attached hydrogens (tertiary/aromatic N) is 2. The summed E-state index contributed by atoms with van der Waals surface area (Å²) >= 11 is 5.30. The van der Waals surface area contributed by atoms with Crippen molar-refractivity contribution >= 4 is 33.0 Å². The second kappa shape index (κ2) is 8.29. The van der Waals surface area contributed by atoms with Crippen molar-refractivity contribution in [2.24, 2.45) is 0 Å². The summed E-state index contributed by atoms with van der Waals surface area (Å²) in [5.41, 5.74) is 0.443. The molecule has 0 spiro atoms. The van der Waals surface area contributed by atoms with E-state index in [9.17, 15) is 21.6 Å². The van der Waals surface area contributed by atoms with Crippen LogP contribution in [0.3, 0.4) is 0 Å². The van der Waals surface area contributed by atoms with Crippen LogP contribution in [-0.2, 0) is 16.2 Å². The Morgan fingerprint density at radius 3 is 2.24 bits per heavy atom. The Morgan fingerprint density at radius 2 is 1.66 bits per heavy atom. The predicted octanol–water partition coefficient (Wildman–Crippen LogP) is 3.72. The van der Waals surface area contributed by atoms with Gasteiger partial charge in [-0.15, -0.1) is 0 Å². The lowest BCUT2D eigenvalue weighted by molar-refractivity contribution is -0.137. The molecule has 0 aliphatic carbocycles. The highest BCUT2D eigenvalue weighted by atomic mass is 32.2. The highest BCUT2D eigenvalue weighted by molar-refractivity contribution is 7.89. The molecule has 0 bridgehead atoms. The molecule has 1 N–H and O–H groups in total. The summed E-state index contributed by atoms with van der Waals surface area (Å²) < 4.78 is 65.4. The minimum atomic E-state index is -4.44. The monoisotopic (exact) mass is 443 g/mol. The van der Waals surface area contributed by atoms with Crippen molar-refractivity contribution in [2.45, 2.75) is 18.0 Å². The summed E-state index contributed by atoms with van der Waals surface area (Å²) in [5.74, 6) is 0. The molecule has 10 heteroatoms. The zero-order valence-corrected chi connectivity index (χ0v) is 17.2. The maximum Gasteiger partial charge on any atom is 0.416 e. The van der Waals surface area contributed by atoms with Crippen LogP contribution < -0.4 is 5.32 Å². The number of halogens is 3. The lowest BCUT2D eigenvalue weighted by Crippen LogP contribution is -2.51. The quantitative estimate of drug-likeness (QED) is 0.733. The Kier molecular flexibility index (Phi) is 6.16. The van der Waals surface area contributed by atoms with E-state index in [1.54, 1.807) is 29.2 Å². The van der Waals surface area contributed by atoms with Crippen molar-refractivity contribution in [2.75, 3.05) is 31.5 Å². The van der Waals surface area contributed by atoms with Gasteiger partial charge in [0.1, 0.15) is 0 Å². The van der Waals surface area contributed by atoms with Crippen LogP contribution in [0.15, 0.2) is 53.4 Å². The number of hydrogen-bond acceptors (Lipinski definition) is 3. The first-order chi connectivity index (χ1) is 13.6. The second-order valence-corrected chi connectivity index (χ2v) is 9.04. The third-order valence-corrected chi connectivity index (χ3v) is 6.90. The van der Waals surface area contributed by atoms with Gasteiger partial charge in [0.25, 0.3) is 0 Å². The summed E-state index contributed by atoms with van der Waals surface area (Å²) in [6, 6.07) is 11.4. The molecule has 1 aliphatic rings. The van der Waals surface area contributed by atoms with Gasteiger partial charge in [0, 0.05) is 31.9 Å². The number of rotatable bonds is 3. The highest BCUT2D eigenvalue weighted by Gasteiger charge is 2.31. The molecule has 0 saturated carbocycles. The average molecular weight is 444 g/mol. The molecule has 0 radical (unpaired) electrons. The van der Waals surface area contributed by atoms with Crippen LogP contribution >= 0.6 is 12.2 Å². The topological polar surface area (TPSA) is 52.7 Å². The Labute approximate surface area is 173 Å². The van der Waals surface area contributed by atoms with Crippen LogP contribution in [0.1, 0.15) is 11.1 Å². The number of alkyl halides is 3. The van der Waals surface area contributed by atoms with Gasteiger partial charge in [0.2, 0.25) is 10.0 Å². The van der Waals surface area contributed by atoms with Gasteiger partial charge in [-0.2, -0.15) is 17.5 Å². The van der Waals surface area contributed by atoms with Gasteiger partial charge in [0.15, 0.2) is 5.11 Å². The molecule has 0 unspecified atom stereocenters. The third kappa shape index (κ3) is 5.06. The third-order valence-electron chi connectivity index (χ3n) is 4.63. The number of hydrogen-bond donors (Lipinski definition) is 1. The number of aryl methyl sites for hydroxylation is 1. The first-order valence-corrected chi connectivity index (χ1v) is 10.7. The van der Waals surface area contributed by atoms with Crippen LogP contribution in [0.2, 0.25) is 0 Å². The van der Waals surface area contributed by atoms with Crippen LogP contribution in [0.4, 0.5) is 18.9 Å². The second-order valence-electron chi connectivity index (χ2n) is 6.71. The maximum absolute atomic E-state index is 12.8. The molecule has 3 rings (SSSR count). The largest absolute Gasteiger partial charge is 0.416 e. The number of anilines is 1. The highest BCUT2D eigenvalue weighted by Crippen LogP contribution is 2.30. The van der Waals surface area contributed by atoms with Gasteiger partial charge in [-0.25, -0.2) is 8.42 Å². The number of sulfonamides is 1. The number of thiocarbonyl (C=S) groups is 1. The first kappa shape index (κ1) is 21.5. The molecule has 29 heavy (non-hydrogen) atoms. The molecule has 1 saturated heterocycles. The zero-order valence-electron chi connectivity index (χ0n) is 15.6. The van der Waals surface area contributed by atoms with E-state index in [2.05, 4.69) is 5.32 Å². The van der Waals surface area contributed by atoms with Gasteiger partial charge in [-0.05, 0) is 49.5 Å². The molecule has 1 heterocycles. The minimum Gasteiger partial charge on any atom is -0.346 e. The molecule has 2 aromatic carbocycles. The van der Waals surface area contributed by atoms with Crippen molar-refractivity contribution in [1.82, 2.24) is 9.21 Å². The standard InChI is InChI=1S/C19H20F3N3O2S2/c1-14-5-7-17(8-6-14)29(26,27)25-11-9-24(10-12-25)18(28)23-16-4-2-3-15(13-16)19(20,21)22/h2-8,13H,9-12H2,1H3,(H,23,28). The molecule has 0 aromatic heterocycles. The molecule has 156 valence electrons. The molecular formula is C19H20F3N3O2S2. The molecule has 5 nitrogen and oxygen atoms in total.